The number of carbonyl (C=O) groups excluding carboxylic acids is 1. The van der Waals surface area contributed by atoms with Gasteiger partial charge in [-0.1, -0.05) is 29.3 Å². The van der Waals surface area contributed by atoms with Gasteiger partial charge in [0.2, 0.25) is 0 Å². The van der Waals surface area contributed by atoms with Crippen LogP contribution in [0.15, 0.2) is 48.5 Å². The van der Waals surface area contributed by atoms with E-state index in [1.54, 1.807) is 24.3 Å². The van der Waals surface area contributed by atoms with Crippen LogP contribution >= 0.6 is 23.2 Å². The number of nitrogens with one attached hydrogen (secondary N) is 1. The highest BCUT2D eigenvalue weighted by atomic mass is 35.5. The summed E-state index contributed by atoms with van der Waals surface area (Å²) < 4.78 is 1.17. The van der Waals surface area contributed by atoms with Gasteiger partial charge in [-0.3, -0.25) is 9.36 Å². The summed E-state index contributed by atoms with van der Waals surface area (Å²) in [6.07, 6.45) is 0. The molecule has 2 aromatic heterocycles. The van der Waals surface area contributed by atoms with Gasteiger partial charge in [0, 0.05) is 17.8 Å². The maximum Gasteiger partial charge on any atom is 0.274 e. The van der Waals surface area contributed by atoms with Gasteiger partial charge in [-0.25, -0.2) is 4.98 Å². The van der Waals surface area contributed by atoms with E-state index in [9.17, 15) is 15.0 Å². The molecule has 0 bridgehead atoms. The van der Waals surface area contributed by atoms with Gasteiger partial charge in [0.05, 0.1) is 10.7 Å². The summed E-state index contributed by atoms with van der Waals surface area (Å²) in [4.78, 5) is 16.1. The summed E-state index contributed by atoms with van der Waals surface area (Å²) in [6, 6.07) is 12.0. The second-order valence-electron chi connectivity index (χ2n) is 4.85. The first-order valence-electron chi connectivity index (χ1n) is 6.79. The lowest BCUT2D eigenvalue weighted by molar-refractivity contribution is 0.102. The fraction of sp³-hybridized carbons (Fsp3) is 0. The Morgan fingerprint density at radius 1 is 1.04 bits per heavy atom. The maximum atomic E-state index is 12.1. The van der Waals surface area contributed by atoms with E-state index in [4.69, 9.17) is 23.2 Å². The summed E-state index contributed by atoms with van der Waals surface area (Å²) in [6.45, 7) is 0. The van der Waals surface area contributed by atoms with Crippen molar-refractivity contribution in [1.82, 2.24) is 9.55 Å². The third-order valence-corrected chi connectivity index (χ3v) is 3.75. The summed E-state index contributed by atoms with van der Waals surface area (Å²) >= 11 is 12.0. The monoisotopic (exact) mass is 363 g/mol. The number of amides is 1. The molecular weight excluding hydrogens is 353 g/mol. The van der Waals surface area contributed by atoms with Crippen LogP contribution in [0, 0.1) is 0 Å². The smallest absolute Gasteiger partial charge is 0.274 e. The lowest BCUT2D eigenvalue weighted by Gasteiger charge is -2.11. The minimum Gasteiger partial charge on any atom is -0.494 e. The number of hydrogen-bond donors (Lipinski definition) is 3. The normalized spacial score (nSPS) is 10.6. The molecule has 3 rings (SSSR count). The number of carbonyl (C=O) groups is 1. The van der Waals surface area contributed by atoms with E-state index in [0.717, 1.165) is 0 Å². The molecule has 3 aromatic rings. The van der Waals surface area contributed by atoms with Crippen LogP contribution in [0.25, 0.3) is 5.69 Å². The third-order valence-electron chi connectivity index (χ3n) is 3.23. The van der Waals surface area contributed by atoms with Crippen LogP contribution in [0.2, 0.25) is 10.2 Å². The zero-order chi connectivity index (χ0) is 17.3. The molecule has 2 heterocycles. The Morgan fingerprint density at radius 3 is 2.38 bits per heavy atom. The van der Waals surface area contributed by atoms with Crippen LogP contribution in [0.4, 0.5) is 5.69 Å². The zero-order valence-corrected chi connectivity index (χ0v) is 13.6. The zero-order valence-electron chi connectivity index (χ0n) is 12.1. The fourth-order valence-corrected chi connectivity index (χ4v) is 2.59. The molecular formula is C16H11Cl2N3O3. The number of nitrogens with zero attached hydrogens (tertiary/aromatic N) is 2. The Kier molecular flexibility index (Phi) is 4.33. The number of halogens is 2. The predicted molar refractivity (Wildman–Crippen MR) is 91.3 cm³/mol. The second kappa shape index (κ2) is 6.43. The van der Waals surface area contributed by atoms with Crippen molar-refractivity contribution in [2.24, 2.45) is 0 Å². The van der Waals surface area contributed by atoms with Crippen molar-refractivity contribution in [1.29, 1.82) is 0 Å². The van der Waals surface area contributed by atoms with E-state index in [0.29, 0.717) is 11.4 Å². The standard InChI is InChI=1S/C16H11Cl2N3O3/c17-10-8-9(19-16(24)11-2-1-3-13(18)20-11)4-5-12(10)21-14(22)6-7-15(21)23/h1-8,22-23H,(H,19,24). The molecule has 0 unspecified atom stereocenters. The first-order valence-corrected chi connectivity index (χ1v) is 7.55. The molecule has 0 saturated carbocycles. The fourth-order valence-electron chi connectivity index (χ4n) is 2.16. The van der Waals surface area contributed by atoms with Crippen LogP contribution in [0.3, 0.4) is 0 Å². The number of anilines is 1. The van der Waals surface area contributed by atoms with Crippen molar-refractivity contribution in [2.45, 2.75) is 0 Å². The average molecular weight is 364 g/mol. The largest absolute Gasteiger partial charge is 0.494 e. The van der Waals surface area contributed by atoms with E-state index < -0.39 is 5.91 Å². The molecule has 1 aromatic carbocycles. The Balaban J connectivity index is 1.86. The second-order valence-corrected chi connectivity index (χ2v) is 5.65. The molecule has 0 aliphatic heterocycles. The number of rotatable bonds is 3. The van der Waals surface area contributed by atoms with Crippen LogP contribution in [-0.2, 0) is 0 Å². The Bertz CT molecular complexity index is 905. The first-order chi connectivity index (χ1) is 11.5. The number of aromatic hydroxyl groups is 2. The molecule has 8 heteroatoms. The van der Waals surface area contributed by atoms with Gasteiger partial charge in [0.15, 0.2) is 11.8 Å². The molecule has 0 fully saturated rings. The quantitative estimate of drug-likeness (QED) is 0.616. The molecule has 3 N–H and O–H groups in total. The lowest BCUT2D eigenvalue weighted by atomic mass is 10.2. The van der Waals surface area contributed by atoms with Gasteiger partial charge in [-0.15, -0.1) is 0 Å². The maximum absolute atomic E-state index is 12.1. The van der Waals surface area contributed by atoms with Gasteiger partial charge in [0.1, 0.15) is 10.8 Å². The van der Waals surface area contributed by atoms with Crippen molar-refractivity contribution in [3.63, 3.8) is 0 Å². The molecule has 1 amide bonds. The van der Waals surface area contributed by atoms with Gasteiger partial charge in [-0.2, -0.15) is 0 Å². The molecule has 0 atom stereocenters. The number of aromatic nitrogens is 2. The summed E-state index contributed by atoms with van der Waals surface area (Å²) in [5.41, 5.74) is 0.973. The van der Waals surface area contributed by atoms with Crippen LogP contribution in [0.1, 0.15) is 10.5 Å². The molecule has 0 spiro atoms. The van der Waals surface area contributed by atoms with Crippen molar-refractivity contribution in [3.05, 3.63) is 64.4 Å². The van der Waals surface area contributed by atoms with Crippen LogP contribution in [-0.4, -0.2) is 25.7 Å². The predicted octanol–water partition coefficient (Wildman–Crippen LogP) is 3.84. The van der Waals surface area contributed by atoms with E-state index in [2.05, 4.69) is 10.3 Å². The molecule has 122 valence electrons. The molecule has 6 nitrogen and oxygen atoms in total. The SMILES string of the molecule is O=C(Nc1ccc(-n2c(O)ccc2O)c(Cl)c1)c1cccc(Cl)n1. The third kappa shape index (κ3) is 3.15. The topological polar surface area (TPSA) is 87.4 Å². The Morgan fingerprint density at radius 2 is 1.75 bits per heavy atom. The first kappa shape index (κ1) is 16.2. The molecule has 0 saturated heterocycles. The highest BCUT2D eigenvalue weighted by Crippen LogP contribution is 2.32. The van der Waals surface area contributed by atoms with Crippen LogP contribution < -0.4 is 5.32 Å². The Hall–Kier alpha value is -2.70. The van der Waals surface area contributed by atoms with E-state index in [-0.39, 0.29) is 27.6 Å². The summed E-state index contributed by atoms with van der Waals surface area (Å²) in [5.74, 6) is -0.753. The highest BCUT2D eigenvalue weighted by Gasteiger charge is 2.13. The molecule has 0 aliphatic rings. The number of benzene rings is 1. The highest BCUT2D eigenvalue weighted by molar-refractivity contribution is 6.33. The van der Waals surface area contributed by atoms with Crippen molar-refractivity contribution in [2.75, 3.05) is 5.32 Å². The molecule has 0 radical (unpaired) electrons. The van der Waals surface area contributed by atoms with Gasteiger partial charge < -0.3 is 15.5 Å². The van der Waals surface area contributed by atoms with Gasteiger partial charge >= 0.3 is 0 Å². The van der Waals surface area contributed by atoms with Gasteiger partial charge in [0.25, 0.3) is 5.91 Å². The van der Waals surface area contributed by atoms with Gasteiger partial charge in [-0.05, 0) is 30.3 Å². The van der Waals surface area contributed by atoms with E-state index >= 15 is 0 Å². The number of hydrogen-bond acceptors (Lipinski definition) is 4. The minimum absolute atomic E-state index is 0.158. The minimum atomic E-state index is -0.437. The van der Waals surface area contributed by atoms with Crippen molar-refractivity contribution < 1.29 is 15.0 Å². The average Bonchev–Trinajstić information content (AvgIpc) is 2.87. The van der Waals surface area contributed by atoms with E-state index in [1.807, 2.05) is 0 Å². The summed E-state index contributed by atoms with van der Waals surface area (Å²) in [5, 5.41) is 22.6. The van der Waals surface area contributed by atoms with Crippen LogP contribution in [0.5, 0.6) is 11.8 Å². The lowest BCUT2D eigenvalue weighted by Crippen LogP contribution is -2.13. The Labute approximate surface area is 146 Å². The van der Waals surface area contributed by atoms with E-state index in [1.165, 1.54) is 28.8 Å². The van der Waals surface area contributed by atoms with Crippen molar-refractivity contribution in [3.8, 4) is 17.4 Å². The summed E-state index contributed by atoms with van der Waals surface area (Å²) in [7, 11) is 0. The molecule has 24 heavy (non-hydrogen) atoms. The van der Waals surface area contributed by atoms with Crippen molar-refractivity contribution >= 4 is 34.8 Å². The number of pyridine rings is 1. The molecule has 0 aliphatic carbocycles.